The molecule has 164 valence electrons. The second-order valence-corrected chi connectivity index (χ2v) is 9.29. The van der Waals surface area contributed by atoms with Crippen molar-refractivity contribution in [3.63, 3.8) is 0 Å². The molecule has 9 heteroatoms. The molecule has 3 aliphatic rings. The predicted molar refractivity (Wildman–Crippen MR) is 117 cm³/mol. The van der Waals surface area contributed by atoms with Gasteiger partial charge < -0.3 is 13.7 Å². The Hall–Kier alpha value is -2.52. The van der Waals surface area contributed by atoms with Crippen LogP contribution in [0.1, 0.15) is 36.8 Å². The number of carbonyl (C=O) groups is 2. The predicted octanol–water partition coefficient (Wildman–Crippen LogP) is 2.59. The number of carbonyl (C=O) groups excluding carboxylic acids is 2. The zero-order valence-corrected chi connectivity index (χ0v) is 18.1. The lowest BCUT2D eigenvalue weighted by atomic mass is 10.1. The van der Waals surface area contributed by atoms with E-state index in [0.29, 0.717) is 17.9 Å². The maximum Gasteiger partial charge on any atom is 0.257 e. The van der Waals surface area contributed by atoms with Gasteiger partial charge in [-0.2, -0.15) is 16.9 Å². The summed E-state index contributed by atoms with van der Waals surface area (Å²) in [5, 5.41) is 6.10. The maximum absolute atomic E-state index is 13.3. The molecule has 8 nitrogen and oxygen atoms in total. The first kappa shape index (κ1) is 20.4. The van der Waals surface area contributed by atoms with Crippen LogP contribution in [0.15, 0.2) is 50.7 Å². The third-order valence-corrected chi connectivity index (χ3v) is 7.10. The van der Waals surface area contributed by atoms with Gasteiger partial charge in [-0.05, 0) is 43.7 Å². The highest BCUT2D eigenvalue weighted by Gasteiger charge is 2.39. The molecule has 0 N–H and O–H groups in total. The molecule has 2 atom stereocenters. The topological polar surface area (TPSA) is 82.5 Å². The Morgan fingerprint density at radius 3 is 2.65 bits per heavy atom. The standard InChI is InChI=1S/C22H26N4O4S/c27-21(15-25-7-1-4-17(25)22(28)24-8-12-31-13-9-24)26-18(20-6-3-11-30-20)14-16(23-26)19-5-2-10-29-19/h2-3,5-6,10-11,17-18H,1,4,7-9,12-15H2. The molecule has 2 aromatic rings. The molecule has 2 saturated heterocycles. The van der Waals surface area contributed by atoms with Gasteiger partial charge in [0.25, 0.3) is 5.91 Å². The Balaban J connectivity index is 1.32. The fourth-order valence-corrected chi connectivity index (χ4v) is 5.47. The molecule has 2 aromatic heterocycles. The number of furan rings is 2. The molecule has 2 unspecified atom stereocenters. The van der Waals surface area contributed by atoms with Crippen molar-refractivity contribution in [1.82, 2.24) is 14.8 Å². The molecule has 0 radical (unpaired) electrons. The van der Waals surface area contributed by atoms with E-state index in [9.17, 15) is 9.59 Å². The monoisotopic (exact) mass is 442 g/mol. The normalized spacial score (nSPS) is 24.6. The number of likely N-dealkylation sites (tertiary alicyclic amines) is 1. The molecular weight excluding hydrogens is 416 g/mol. The van der Waals surface area contributed by atoms with E-state index in [2.05, 4.69) is 5.10 Å². The van der Waals surface area contributed by atoms with Crippen molar-refractivity contribution < 1.29 is 18.4 Å². The van der Waals surface area contributed by atoms with E-state index in [4.69, 9.17) is 8.83 Å². The van der Waals surface area contributed by atoms with Crippen molar-refractivity contribution in [2.75, 3.05) is 37.7 Å². The van der Waals surface area contributed by atoms with E-state index >= 15 is 0 Å². The molecule has 2 fully saturated rings. The lowest BCUT2D eigenvalue weighted by Gasteiger charge is -2.32. The maximum atomic E-state index is 13.3. The first-order chi connectivity index (χ1) is 15.2. The Labute approximate surface area is 185 Å². The largest absolute Gasteiger partial charge is 0.467 e. The second-order valence-electron chi connectivity index (χ2n) is 8.06. The lowest BCUT2D eigenvalue weighted by molar-refractivity contribution is -0.139. The third kappa shape index (κ3) is 4.16. The molecule has 5 heterocycles. The summed E-state index contributed by atoms with van der Waals surface area (Å²) in [7, 11) is 0. The van der Waals surface area contributed by atoms with Gasteiger partial charge in [-0.25, -0.2) is 5.01 Å². The van der Waals surface area contributed by atoms with Crippen molar-refractivity contribution in [3.05, 3.63) is 48.3 Å². The third-order valence-electron chi connectivity index (χ3n) is 6.15. The highest BCUT2D eigenvalue weighted by Crippen LogP contribution is 2.33. The van der Waals surface area contributed by atoms with E-state index < -0.39 is 0 Å². The van der Waals surface area contributed by atoms with Crippen LogP contribution >= 0.6 is 11.8 Å². The van der Waals surface area contributed by atoms with Crippen LogP contribution in [0.2, 0.25) is 0 Å². The second kappa shape index (κ2) is 8.92. The molecule has 2 amide bonds. The van der Waals surface area contributed by atoms with Crippen molar-refractivity contribution >= 4 is 29.3 Å². The molecular formula is C22H26N4O4S. The van der Waals surface area contributed by atoms with Gasteiger partial charge in [-0.15, -0.1) is 0 Å². The minimum Gasteiger partial charge on any atom is -0.467 e. The first-order valence-electron chi connectivity index (χ1n) is 10.8. The van der Waals surface area contributed by atoms with E-state index in [1.54, 1.807) is 12.5 Å². The van der Waals surface area contributed by atoms with E-state index in [-0.39, 0.29) is 30.4 Å². The number of hydrogen-bond acceptors (Lipinski definition) is 7. The molecule has 0 aliphatic carbocycles. The summed E-state index contributed by atoms with van der Waals surface area (Å²) < 4.78 is 11.1. The number of amides is 2. The molecule has 3 aliphatic heterocycles. The van der Waals surface area contributed by atoms with Crippen molar-refractivity contribution in [3.8, 4) is 0 Å². The Morgan fingerprint density at radius 2 is 1.90 bits per heavy atom. The summed E-state index contributed by atoms with van der Waals surface area (Å²) in [5.41, 5.74) is 0.722. The zero-order valence-electron chi connectivity index (χ0n) is 17.3. The summed E-state index contributed by atoms with van der Waals surface area (Å²) >= 11 is 1.89. The molecule has 31 heavy (non-hydrogen) atoms. The van der Waals surface area contributed by atoms with Gasteiger partial charge in [-0.3, -0.25) is 14.5 Å². The van der Waals surface area contributed by atoms with Crippen LogP contribution in [0.3, 0.4) is 0 Å². The van der Waals surface area contributed by atoms with Gasteiger partial charge >= 0.3 is 0 Å². The number of thioether (sulfide) groups is 1. The molecule has 0 spiro atoms. The quantitative estimate of drug-likeness (QED) is 0.708. The average Bonchev–Trinajstić information content (AvgIpc) is 3.60. The molecule has 0 aromatic carbocycles. The summed E-state index contributed by atoms with van der Waals surface area (Å²) in [6, 6.07) is 6.81. The van der Waals surface area contributed by atoms with Crippen LogP contribution in [0.4, 0.5) is 0 Å². The first-order valence-corrected chi connectivity index (χ1v) is 11.9. The molecule has 0 bridgehead atoms. The van der Waals surface area contributed by atoms with Crippen LogP contribution in [0.5, 0.6) is 0 Å². The number of hydrazone groups is 1. The van der Waals surface area contributed by atoms with E-state index in [1.165, 1.54) is 5.01 Å². The summed E-state index contributed by atoms with van der Waals surface area (Å²) in [4.78, 5) is 30.4. The van der Waals surface area contributed by atoms with Crippen LogP contribution in [-0.4, -0.2) is 76.1 Å². The minimum absolute atomic E-state index is 0.128. The smallest absolute Gasteiger partial charge is 0.257 e. The van der Waals surface area contributed by atoms with Gasteiger partial charge in [0, 0.05) is 31.0 Å². The van der Waals surface area contributed by atoms with Crippen molar-refractivity contribution in [2.45, 2.75) is 31.3 Å². The fourth-order valence-electron chi connectivity index (χ4n) is 4.57. The summed E-state index contributed by atoms with van der Waals surface area (Å²) in [5.74, 6) is 3.36. The summed E-state index contributed by atoms with van der Waals surface area (Å²) in [6.45, 7) is 2.51. The lowest BCUT2D eigenvalue weighted by Crippen LogP contribution is -2.50. The van der Waals surface area contributed by atoms with Gasteiger partial charge in [0.05, 0.1) is 25.1 Å². The van der Waals surface area contributed by atoms with Crippen LogP contribution in [-0.2, 0) is 9.59 Å². The SMILES string of the molecule is O=C(C1CCCN1CC(=O)N1N=C(c2ccco2)CC1c1ccco1)N1CCSCC1. The van der Waals surface area contributed by atoms with Gasteiger partial charge in [0.15, 0.2) is 0 Å². The van der Waals surface area contributed by atoms with E-state index in [0.717, 1.165) is 49.7 Å². The zero-order chi connectivity index (χ0) is 21.2. The van der Waals surface area contributed by atoms with Crippen molar-refractivity contribution in [2.24, 2.45) is 5.10 Å². The number of rotatable bonds is 5. The van der Waals surface area contributed by atoms with Gasteiger partial charge in [0.2, 0.25) is 5.91 Å². The minimum atomic E-state index is -0.307. The highest BCUT2D eigenvalue weighted by molar-refractivity contribution is 7.99. The molecule has 5 rings (SSSR count). The highest BCUT2D eigenvalue weighted by atomic mass is 32.2. The Kier molecular flexibility index (Phi) is 5.87. The van der Waals surface area contributed by atoms with E-state index in [1.807, 2.05) is 45.8 Å². The number of nitrogens with zero attached hydrogens (tertiary/aromatic N) is 4. The van der Waals surface area contributed by atoms with Crippen LogP contribution in [0.25, 0.3) is 0 Å². The molecule has 0 saturated carbocycles. The summed E-state index contributed by atoms with van der Waals surface area (Å²) in [6.07, 6.45) is 5.46. The Morgan fingerprint density at radius 1 is 1.10 bits per heavy atom. The number of hydrogen-bond donors (Lipinski definition) is 0. The van der Waals surface area contributed by atoms with Crippen LogP contribution in [0, 0.1) is 0 Å². The van der Waals surface area contributed by atoms with Crippen molar-refractivity contribution in [1.29, 1.82) is 0 Å². The van der Waals surface area contributed by atoms with Gasteiger partial charge in [0.1, 0.15) is 23.3 Å². The Bertz CT molecular complexity index is 937. The fraction of sp³-hybridized carbons (Fsp3) is 0.500. The van der Waals surface area contributed by atoms with Crippen LogP contribution < -0.4 is 0 Å². The van der Waals surface area contributed by atoms with Gasteiger partial charge in [-0.1, -0.05) is 0 Å². The average molecular weight is 443 g/mol.